The first-order valence-corrected chi connectivity index (χ1v) is 7.17. The van der Waals surface area contributed by atoms with Crippen LogP contribution in [0.2, 0.25) is 0 Å². The van der Waals surface area contributed by atoms with Gasteiger partial charge in [-0.2, -0.15) is 0 Å². The highest BCUT2D eigenvalue weighted by Crippen LogP contribution is 2.43. The van der Waals surface area contributed by atoms with Crippen LogP contribution in [0.4, 0.5) is 0 Å². The van der Waals surface area contributed by atoms with E-state index in [2.05, 4.69) is 74.0 Å². The average Bonchev–Trinajstić information content (AvgIpc) is 2.29. The van der Waals surface area contributed by atoms with Crippen molar-refractivity contribution in [1.82, 2.24) is 0 Å². The second-order valence-electron chi connectivity index (χ2n) is 5.50. The first-order chi connectivity index (χ1) is 7.88. The number of halogens is 1. The Kier molecular flexibility index (Phi) is 5.21. The van der Waals surface area contributed by atoms with E-state index in [1.165, 1.54) is 5.56 Å². The van der Waals surface area contributed by atoms with Crippen LogP contribution in [0.3, 0.4) is 0 Å². The maximum Gasteiger partial charge on any atom is 0.0543 e. The van der Waals surface area contributed by atoms with E-state index >= 15 is 0 Å². The SMILES string of the molecule is CC(C)C(N)CC(Br)(c1ccccc1)C(C)C. The van der Waals surface area contributed by atoms with Crippen molar-refractivity contribution in [2.24, 2.45) is 17.6 Å². The number of nitrogens with two attached hydrogens (primary N) is 1. The fraction of sp³-hybridized carbons (Fsp3) is 0.600. The number of alkyl halides is 1. The lowest BCUT2D eigenvalue weighted by Gasteiger charge is -2.35. The fourth-order valence-corrected chi connectivity index (χ4v) is 2.62. The van der Waals surface area contributed by atoms with Crippen molar-refractivity contribution in [3.05, 3.63) is 35.9 Å². The molecule has 2 N–H and O–H groups in total. The van der Waals surface area contributed by atoms with Crippen LogP contribution >= 0.6 is 15.9 Å². The van der Waals surface area contributed by atoms with Crippen LogP contribution in [0.5, 0.6) is 0 Å². The Morgan fingerprint density at radius 2 is 1.65 bits per heavy atom. The largest absolute Gasteiger partial charge is 0.327 e. The van der Waals surface area contributed by atoms with Gasteiger partial charge in [0.05, 0.1) is 4.32 Å². The monoisotopic (exact) mass is 297 g/mol. The fourth-order valence-electron chi connectivity index (χ4n) is 1.98. The molecule has 0 heterocycles. The lowest BCUT2D eigenvalue weighted by molar-refractivity contribution is 0.350. The van der Waals surface area contributed by atoms with Gasteiger partial charge in [-0.05, 0) is 23.8 Å². The van der Waals surface area contributed by atoms with Gasteiger partial charge in [0, 0.05) is 6.04 Å². The molecule has 0 bridgehead atoms. The van der Waals surface area contributed by atoms with E-state index in [0.717, 1.165) is 6.42 Å². The lowest BCUT2D eigenvalue weighted by atomic mass is 9.81. The molecule has 1 nitrogen and oxygen atoms in total. The Morgan fingerprint density at radius 1 is 1.12 bits per heavy atom. The number of hydrogen-bond donors (Lipinski definition) is 1. The molecule has 0 spiro atoms. The Balaban J connectivity index is 2.98. The van der Waals surface area contributed by atoms with Crippen LogP contribution in [0.1, 0.15) is 39.7 Å². The Labute approximate surface area is 114 Å². The van der Waals surface area contributed by atoms with E-state index in [0.29, 0.717) is 11.8 Å². The van der Waals surface area contributed by atoms with Crippen molar-refractivity contribution in [2.45, 2.75) is 44.5 Å². The second kappa shape index (κ2) is 6.01. The van der Waals surface area contributed by atoms with Crippen molar-refractivity contribution in [3.8, 4) is 0 Å². The van der Waals surface area contributed by atoms with Crippen molar-refractivity contribution in [3.63, 3.8) is 0 Å². The summed E-state index contributed by atoms with van der Waals surface area (Å²) in [4.78, 5) is 0. The summed E-state index contributed by atoms with van der Waals surface area (Å²) in [5, 5.41) is 0. The summed E-state index contributed by atoms with van der Waals surface area (Å²) in [6.45, 7) is 8.86. The van der Waals surface area contributed by atoms with Gasteiger partial charge in [-0.3, -0.25) is 0 Å². The Bertz CT molecular complexity index is 334. The topological polar surface area (TPSA) is 26.0 Å². The van der Waals surface area contributed by atoms with Gasteiger partial charge in [-0.25, -0.2) is 0 Å². The molecule has 0 aromatic heterocycles. The summed E-state index contributed by atoms with van der Waals surface area (Å²) in [6, 6.07) is 10.8. The van der Waals surface area contributed by atoms with Gasteiger partial charge in [0.15, 0.2) is 0 Å². The maximum atomic E-state index is 6.25. The van der Waals surface area contributed by atoms with Gasteiger partial charge in [0.25, 0.3) is 0 Å². The molecule has 0 saturated carbocycles. The normalized spacial score (nSPS) is 17.2. The molecule has 0 aliphatic heterocycles. The summed E-state index contributed by atoms with van der Waals surface area (Å²) < 4.78 is -0.0159. The van der Waals surface area contributed by atoms with Crippen molar-refractivity contribution in [2.75, 3.05) is 0 Å². The predicted octanol–water partition coefficient (Wildman–Crippen LogP) is 4.31. The van der Waals surface area contributed by atoms with Gasteiger partial charge in [0.1, 0.15) is 0 Å². The third kappa shape index (κ3) is 3.56. The zero-order valence-electron chi connectivity index (χ0n) is 11.3. The predicted molar refractivity (Wildman–Crippen MR) is 79.3 cm³/mol. The number of rotatable bonds is 5. The molecule has 0 amide bonds. The first-order valence-electron chi connectivity index (χ1n) is 6.38. The second-order valence-corrected chi connectivity index (χ2v) is 6.91. The summed E-state index contributed by atoms with van der Waals surface area (Å²) >= 11 is 3.95. The third-order valence-corrected chi connectivity index (χ3v) is 5.26. The Morgan fingerprint density at radius 3 is 2.06 bits per heavy atom. The van der Waals surface area contributed by atoms with Gasteiger partial charge in [0.2, 0.25) is 0 Å². The molecule has 0 radical (unpaired) electrons. The van der Waals surface area contributed by atoms with Crippen molar-refractivity contribution < 1.29 is 0 Å². The van der Waals surface area contributed by atoms with Crippen LogP contribution < -0.4 is 5.73 Å². The summed E-state index contributed by atoms with van der Waals surface area (Å²) in [5.74, 6) is 1.02. The van der Waals surface area contributed by atoms with Crippen molar-refractivity contribution >= 4 is 15.9 Å². The quantitative estimate of drug-likeness (QED) is 0.806. The minimum absolute atomic E-state index is 0.0159. The molecule has 2 unspecified atom stereocenters. The van der Waals surface area contributed by atoms with E-state index in [1.807, 2.05) is 0 Å². The molecule has 17 heavy (non-hydrogen) atoms. The molecule has 0 saturated heterocycles. The van der Waals surface area contributed by atoms with E-state index in [9.17, 15) is 0 Å². The minimum atomic E-state index is -0.0159. The van der Waals surface area contributed by atoms with Crippen LogP contribution in [0.15, 0.2) is 30.3 Å². The highest BCUT2D eigenvalue weighted by atomic mass is 79.9. The van der Waals surface area contributed by atoms with E-state index < -0.39 is 0 Å². The molecule has 2 atom stereocenters. The summed E-state index contributed by atoms with van der Waals surface area (Å²) in [7, 11) is 0. The lowest BCUT2D eigenvalue weighted by Crippen LogP contribution is -2.37. The van der Waals surface area contributed by atoms with Gasteiger partial charge >= 0.3 is 0 Å². The van der Waals surface area contributed by atoms with Crippen LogP contribution in [-0.2, 0) is 4.32 Å². The minimum Gasteiger partial charge on any atom is -0.327 e. The highest BCUT2D eigenvalue weighted by Gasteiger charge is 2.34. The molecule has 1 rings (SSSR count). The summed E-state index contributed by atoms with van der Waals surface area (Å²) in [6.07, 6.45) is 0.965. The summed E-state index contributed by atoms with van der Waals surface area (Å²) in [5.41, 5.74) is 7.57. The smallest absolute Gasteiger partial charge is 0.0543 e. The molecule has 0 aliphatic carbocycles. The van der Waals surface area contributed by atoms with E-state index in [4.69, 9.17) is 5.73 Å². The number of hydrogen-bond acceptors (Lipinski definition) is 1. The Hall–Kier alpha value is -0.340. The molecule has 2 heteroatoms. The van der Waals surface area contributed by atoms with Crippen LogP contribution in [-0.4, -0.2) is 6.04 Å². The highest BCUT2D eigenvalue weighted by molar-refractivity contribution is 9.09. The van der Waals surface area contributed by atoms with E-state index in [-0.39, 0.29) is 10.4 Å². The molecular formula is C15H24BrN. The standard InChI is InChI=1S/C15H24BrN/c1-11(2)14(17)10-15(16,12(3)4)13-8-6-5-7-9-13/h5-9,11-12,14H,10,17H2,1-4H3. The molecule has 1 aromatic rings. The molecule has 0 fully saturated rings. The third-order valence-electron chi connectivity index (χ3n) is 3.56. The number of benzene rings is 1. The van der Waals surface area contributed by atoms with Crippen LogP contribution in [0.25, 0.3) is 0 Å². The molecule has 0 aliphatic rings. The average molecular weight is 298 g/mol. The van der Waals surface area contributed by atoms with Gasteiger partial charge in [-0.1, -0.05) is 74.0 Å². The van der Waals surface area contributed by atoms with Crippen molar-refractivity contribution in [1.29, 1.82) is 0 Å². The van der Waals surface area contributed by atoms with E-state index in [1.54, 1.807) is 0 Å². The zero-order valence-corrected chi connectivity index (χ0v) is 12.9. The molecular weight excluding hydrogens is 274 g/mol. The maximum absolute atomic E-state index is 6.25. The van der Waals surface area contributed by atoms with Crippen LogP contribution in [0, 0.1) is 11.8 Å². The van der Waals surface area contributed by atoms with Gasteiger partial charge < -0.3 is 5.73 Å². The van der Waals surface area contributed by atoms with Gasteiger partial charge in [-0.15, -0.1) is 0 Å². The first kappa shape index (κ1) is 14.7. The zero-order chi connectivity index (χ0) is 13.1. The molecule has 96 valence electrons. The molecule has 1 aromatic carbocycles.